The Labute approximate surface area is 209 Å². The van der Waals surface area contributed by atoms with Crippen molar-refractivity contribution in [2.75, 3.05) is 26.3 Å². The molecule has 1 heterocycles. The van der Waals surface area contributed by atoms with Crippen molar-refractivity contribution in [1.29, 1.82) is 0 Å². The summed E-state index contributed by atoms with van der Waals surface area (Å²) in [5.41, 5.74) is 1.86. The highest BCUT2D eigenvalue weighted by molar-refractivity contribution is 5.91. The van der Waals surface area contributed by atoms with Crippen LogP contribution in [0.2, 0.25) is 0 Å². The summed E-state index contributed by atoms with van der Waals surface area (Å²) in [6, 6.07) is 20.5. The van der Waals surface area contributed by atoms with Crippen LogP contribution in [-0.2, 0) is 27.7 Å². The van der Waals surface area contributed by atoms with Gasteiger partial charge in [0.25, 0.3) is 0 Å². The highest BCUT2D eigenvalue weighted by Crippen LogP contribution is 2.36. The smallest absolute Gasteiger partial charge is 0.416 e. The first-order valence-corrected chi connectivity index (χ1v) is 12.1. The zero-order valence-electron chi connectivity index (χ0n) is 20.2. The van der Waals surface area contributed by atoms with Crippen molar-refractivity contribution in [3.8, 4) is 11.1 Å². The van der Waals surface area contributed by atoms with Gasteiger partial charge in [-0.1, -0.05) is 42.5 Å². The van der Waals surface area contributed by atoms with Crippen LogP contribution in [-0.4, -0.2) is 32.3 Å². The van der Waals surface area contributed by atoms with E-state index in [4.69, 9.17) is 9.47 Å². The van der Waals surface area contributed by atoms with E-state index in [9.17, 15) is 18.0 Å². The molecule has 0 atom stereocenters. The number of halogens is 3. The number of ether oxygens (including phenoxy) is 2. The minimum absolute atomic E-state index is 0.0521. The van der Waals surface area contributed by atoms with E-state index < -0.39 is 17.7 Å². The molecule has 7 heteroatoms. The summed E-state index contributed by atoms with van der Waals surface area (Å²) >= 11 is 0. The van der Waals surface area contributed by atoms with Gasteiger partial charge in [-0.15, -0.1) is 0 Å². The standard InChI is InChI=1S/C29H30F3NO3/c1-2-36-27(34)23-8-6-7-22(17-23)24-15-21(16-26(18-24)29(30,31)32)19-35-20-28(11-13-33-14-12-28)25-9-4-3-5-10-25/h3-10,15-18,33H,2,11-14,19-20H2,1H3. The summed E-state index contributed by atoms with van der Waals surface area (Å²) in [4.78, 5) is 12.1. The van der Waals surface area contributed by atoms with Crippen molar-refractivity contribution in [3.05, 3.63) is 95.1 Å². The summed E-state index contributed by atoms with van der Waals surface area (Å²) in [6.07, 6.45) is -2.72. The van der Waals surface area contributed by atoms with Gasteiger partial charge in [-0.3, -0.25) is 0 Å². The molecule has 0 spiro atoms. The van der Waals surface area contributed by atoms with Crippen molar-refractivity contribution in [2.45, 2.75) is 38.0 Å². The second-order valence-corrected chi connectivity index (χ2v) is 9.11. The predicted molar refractivity (Wildman–Crippen MR) is 133 cm³/mol. The molecular formula is C29H30F3NO3. The van der Waals surface area contributed by atoms with E-state index in [1.165, 1.54) is 5.56 Å². The second-order valence-electron chi connectivity index (χ2n) is 9.11. The van der Waals surface area contributed by atoms with Crippen LogP contribution in [0.4, 0.5) is 13.2 Å². The molecule has 0 saturated carbocycles. The zero-order valence-corrected chi connectivity index (χ0v) is 20.2. The molecule has 1 saturated heterocycles. The van der Waals surface area contributed by atoms with Crippen LogP contribution in [0.1, 0.15) is 46.8 Å². The van der Waals surface area contributed by atoms with E-state index in [-0.39, 0.29) is 18.6 Å². The number of benzene rings is 3. The maximum absolute atomic E-state index is 13.7. The van der Waals surface area contributed by atoms with Gasteiger partial charge in [0.1, 0.15) is 0 Å². The number of hydrogen-bond donors (Lipinski definition) is 1. The van der Waals surface area contributed by atoms with Gasteiger partial charge >= 0.3 is 12.1 Å². The summed E-state index contributed by atoms with van der Waals surface area (Å²) in [5.74, 6) is -0.511. The van der Waals surface area contributed by atoms with Gasteiger partial charge in [0.2, 0.25) is 0 Å². The van der Waals surface area contributed by atoms with Gasteiger partial charge in [0.05, 0.1) is 30.9 Å². The lowest BCUT2D eigenvalue weighted by Crippen LogP contribution is -2.43. The van der Waals surface area contributed by atoms with E-state index in [1.54, 1.807) is 37.3 Å². The third-order valence-electron chi connectivity index (χ3n) is 6.62. The number of rotatable bonds is 8. The first kappa shape index (κ1) is 25.9. The Morgan fingerprint density at radius 1 is 0.944 bits per heavy atom. The molecule has 1 aliphatic rings. The molecule has 0 amide bonds. The maximum atomic E-state index is 13.7. The van der Waals surface area contributed by atoms with Crippen LogP contribution in [0.15, 0.2) is 72.8 Å². The molecule has 1 aliphatic heterocycles. The van der Waals surface area contributed by atoms with Crippen LogP contribution in [0, 0.1) is 0 Å². The van der Waals surface area contributed by atoms with E-state index in [0.717, 1.165) is 38.1 Å². The molecule has 0 unspecified atom stereocenters. The summed E-state index contributed by atoms with van der Waals surface area (Å²) in [6.45, 7) is 4.12. The van der Waals surface area contributed by atoms with Crippen LogP contribution in [0.5, 0.6) is 0 Å². The summed E-state index contributed by atoms with van der Waals surface area (Å²) in [7, 11) is 0. The normalized spacial score (nSPS) is 15.4. The predicted octanol–water partition coefficient (Wildman–Crippen LogP) is 6.39. The molecule has 4 rings (SSSR count). The van der Waals surface area contributed by atoms with Gasteiger partial charge < -0.3 is 14.8 Å². The maximum Gasteiger partial charge on any atom is 0.416 e. The molecule has 0 bridgehead atoms. The summed E-state index contributed by atoms with van der Waals surface area (Å²) in [5, 5.41) is 3.37. The van der Waals surface area contributed by atoms with Crippen molar-refractivity contribution in [2.24, 2.45) is 0 Å². The molecule has 1 N–H and O–H groups in total. The Morgan fingerprint density at radius 2 is 1.69 bits per heavy atom. The topological polar surface area (TPSA) is 47.6 Å². The molecule has 0 aromatic heterocycles. The van der Waals surface area contributed by atoms with E-state index in [1.807, 2.05) is 18.2 Å². The molecule has 0 aliphatic carbocycles. The third kappa shape index (κ3) is 6.15. The number of carbonyl (C=O) groups is 1. The molecule has 4 nitrogen and oxygen atoms in total. The first-order chi connectivity index (χ1) is 17.3. The average Bonchev–Trinajstić information content (AvgIpc) is 2.89. The van der Waals surface area contributed by atoms with Gasteiger partial charge in [-0.2, -0.15) is 13.2 Å². The average molecular weight is 498 g/mol. The number of piperidine rings is 1. The Morgan fingerprint density at radius 3 is 2.39 bits per heavy atom. The fourth-order valence-corrected chi connectivity index (χ4v) is 4.72. The number of hydrogen-bond acceptors (Lipinski definition) is 4. The van der Waals surface area contributed by atoms with Crippen LogP contribution in [0.25, 0.3) is 11.1 Å². The van der Waals surface area contributed by atoms with Crippen molar-refractivity contribution in [1.82, 2.24) is 5.32 Å². The number of carbonyl (C=O) groups excluding carboxylic acids is 1. The lowest BCUT2D eigenvalue weighted by Gasteiger charge is -2.38. The number of esters is 1. The van der Waals surface area contributed by atoms with Crippen LogP contribution >= 0.6 is 0 Å². The number of alkyl halides is 3. The van der Waals surface area contributed by atoms with Crippen LogP contribution < -0.4 is 5.32 Å². The molecule has 190 valence electrons. The Hall–Kier alpha value is -3.16. The fourth-order valence-electron chi connectivity index (χ4n) is 4.72. The van der Waals surface area contributed by atoms with Crippen molar-refractivity contribution < 1.29 is 27.4 Å². The van der Waals surface area contributed by atoms with E-state index in [0.29, 0.717) is 28.9 Å². The SMILES string of the molecule is CCOC(=O)c1cccc(-c2cc(COCC3(c4ccccc4)CCNCC3)cc(C(F)(F)F)c2)c1. The lowest BCUT2D eigenvalue weighted by molar-refractivity contribution is -0.137. The van der Waals surface area contributed by atoms with Gasteiger partial charge in [0, 0.05) is 5.41 Å². The van der Waals surface area contributed by atoms with Crippen molar-refractivity contribution >= 4 is 5.97 Å². The highest BCUT2D eigenvalue weighted by Gasteiger charge is 2.34. The Bertz CT molecular complexity index is 1170. The first-order valence-electron chi connectivity index (χ1n) is 12.1. The van der Waals surface area contributed by atoms with Crippen molar-refractivity contribution in [3.63, 3.8) is 0 Å². The molecular weight excluding hydrogens is 467 g/mol. The largest absolute Gasteiger partial charge is 0.462 e. The molecule has 3 aromatic rings. The third-order valence-corrected chi connectivity index (χ3v) is 6.62. The number of nitrogens with one attached hydrogen (secondary N) is 1. The Kier molecular flexibility index (Phi) is 8.11. The Balaban J connectivity index is 1.59. The van der Waals surface area contributed by atoms with Crippen LogP contribution in [0.3, 0.4) is 0 Å². The minimum atomic E-state index is -4.51. The zero-order chi connectivity index (χ0) is 25.6. The van der Waals surface area contributed by atoms with E-state index in [2.05, 4.69) is 17.4 Å². The monoisotopic (exact) mass is 497 g/mol. The highest BCUT2D eigenvalue weighted by atomic mass is 19.4. The quantitative estimate of drug-likeness (QED) is 0.367. The molecule has 0 radical (unpaired) electrons. The molecule has 1 fully saturated rings. The fraction of sp³-hybridized carbons (Fsp3) is 0.345. The second kappa shape index (κ2) is 11.3. The van der Waals surface area contributed by atoms with E-state index >= 15 is 0 Å². The minimum Gasteiger partial charge on any atom is -0.462 e. The van der Waals surface area contributed by atoms with Gasteiger partial charge in [-0.05, 0) is 85.4 Å². The molecule has 3 aromatic carbocycles. The lowest BCUT2D eigenvalue weighted by atomic mass is 9.74. The van der Waals surface area contributed by atoms with Gasteiger partial charge in [0.15, 0.2) is 0 Å². The molecule has 36 heavy (non-hydrogen) atoms. The summed E-state index contributed by atoms with van der Waals surface area (Å²) < 4.78 is 52.4. The van der Waals surface area contributed by atoms with Gasteiger partial charge in [-0.25, -0.2) is 4.79 Å².